The van der Waals surface area contributed by atoms with Crippen molar-refractivity contribution in [2.75, 3.05) is 6.61 Å². The summed E-state index contributed by atoms with van der Waals surface area (Å²) in [5, 5.41) is 3.37. The van der Waals surface area contributed by atoms with E-state index in [9.17, 15) is 17.6 Å². The van der Waals surface area contributed by atoms with Gasteiger partial charge in [-0.3, -0.25) is 0 Å². The molecule has 2 aromatic rings. The van der Waals surface area contributed by atoms with E-state index < -0.39 is 12.8 Å². The number of benzene rings is 2. The maximum Gasteiger partial charge on any atom is 0.422 e. The fourth-order valence-electron chi connectivity index (χ4n) is 1.90. The molecule has 0 amide bonds. The molecule has 2 nitrogen and oxygen atoms in total. The lowest BCUT2D eigenvalue weighted by molar-refractivity contribution is -0.153. The van der Waals surface area contributed by atoms with Crippen LogP contribution < -0.4 is 10.1 Å². The largest absolute Gasteiger partial charge is 0.484 e. The molecule has 0 unspecified atom stereocenters. The topological polar surface area (TPSA) is 21.3 Å². The minimum atomic E-state index is -4.36. The third-order valence-electron chi connectivity index (χ3n) is 3.02. The summed E-state index contributed by atoms with van der Waals surface area (Å²) in [6.45, 7) is -0.654. The highest BCUT2D eigenvalue weighted by Crippen LogP contribution is 2.20. The lowest BCUT2D eigenvalue weighted by Gasteiger charge is -2.10. The average Bonchev–Trinajstić information content (AvgIpc) is 2.49. The Morgan fingerprint density at radius 3 is 2.30 bits per heavy atom. The molecule has 1 N–H and O–H groups in total. The molecule has 124 valence electrons. The van der Waals surface area contributed by atoms with Gasteiger partial charge < -0.3 is 10.1 Å². The standard InChI is InChI=1S/C16H14ClF4NO/c17-14-2-1-3-15(18)13(14)9-22-8-11-4-6-12(7-5-11)23-10-16(19,20)21/h1-7,22H,8-10H2. The maximum absolute atomic E-state index is 13.6. The van der Waals surface area contributed by atoms with Gasteiger partial charge in [0.2, 0.25) is 0 Å². The zero-order valence-corrected chi connectivity index (χ0v) is 12.7. The van der Waals surface area contributed by atoms with Crippen LogP contribution in [0.3, 0.4) is 0 Å². The van der Waals surface area contributed by atoms with Crippen molar-refractivity contribution in [3.05, 3.63) is 64.4 Å². The van der Waals surface area contributed by atoms with Gasteiger partial charge in [0, 0.05) is 23.7 Å². The summed E-state index contributed by atoms with van der Waals surface area (Å²) >= 11 is 5.92. The number of halogens is 5. The summed E-state index contributed by atoms with van der Waals surface area (Å²) in [6.07, 6.45) is -4.36. The maximum atomic E-state index is 13.6. The SMILES string of the molecule is Fc1cccc(Cl)c1CNCc1ccc(OCC(F)(F)F)cc1. The molecule has 0 atom stereocenters. The second-order valence-electron chi connectivity index (χ2n) is 4.85. The molecule has 0 radical (unpaired) electrons. The number of alkyl halides is 3. The van der Waals surface area contributed by atoms with Gasteiger partial charge in [0.15, 0.2) is 6.61 Å². The molecular formula is C16H14ClF4NO. The first-order valence-corrected chi connectivity index (χ1v) is 7.15. The normalized spacial score (nSPS) is 11.5. The molecule has 0 fully saturated rings. The number of hydrogen-bond donors (Lipinski definition) is 1. The molecule has 0 aliphatic heterocycles. The van der Waals surface area contributed by atoms with Crippen molar-refractivity contribution in [1.82, 2.24) is 5.32 Å². The summed E-state index contributed by atoms with van der Waals surface area (Å²) in [5.74, 6) is -0.246. The van der Waals surface area contributed by atoms with E-state index in [-0.39, 0.29) is 18.1 Å². The molecule has 2 rings (SSSR count). The molecular weight excluding hydrogens is 334 g/mol. The molecule has 0 heterocycles. The van der Waals surface area contributed by atoms with Crippen LogP contribution in [0, 0.1) is 5.82 Å². The van der Waals surface area contributed by atoms with Gasteiger partial charge in [0.05, 0.1) is 0 Å². The van der Waals surface area contributed by atoms with Crippen molar-refractivity contribution >= 4 is 11.6 Å². The molecule has 0 saturated heterocycles. The van der Waals surface area contributed by atoms with Gasteiger partial charge in [0.1, 0.15) is 11.6 Å². The third-order valence-corrected chi connectivity index (χ3v) is 3.37. The highest BCUT2D eigenvalue weighted by molar-refractivity contribution is 6.31. The molecule has 0 bridgehead atoms. The van der Waals surface area contributed by atoms with E-state index >= 15 is 0 Å². The van der Waals surface area contributed by atoms with Gasteiger partial charge in [-0.1, -0.05) is 29.8 Å². The van der Waals surface area contributed by atoms with Gasteiger partial charge in [-0.15, -0.1) is 0 Å². The molecule has 0 saturated carbocycles. The first-order valence-electron chi connectivity index (χ1n) is 6.77. The Balaban J connectivity index is 1.85. The van der Waals surface area contributed by atoms with E-state index in [4.69, 9.17) is 11.6 Å². The first-order chi connectivity index (χ1) is 10.8. The number of ether oxygens (including phenoxy) is 1. The summed E-state index contributed by atoms with van der Waals surface area (Å²) in [5.41, 5.74) is 1.20. The van der Waals surface area contributed by atoms with Crippen molar-refractivity contribution in [1.29, 1.82) is 0 Å². The van der Waals surface area contributed by atoms with Gasteiger partial charge in [0.25, 0.3) is 0 Å². The Bertz CT molecular complexity index is 623. The van der Waals surface area contributed by atoms with Crippen LogP contribution in [0.5, 0.6) is 5.75 Å². The van der Waals surface area contributed by atoms with Gasteiger partial charge in [-0.05, 0) is 29.8 Å². The highest BCUT2D eigenvalue weighted by atomic mass is 35.5. The van der Waals surface area contributed by atoms with Gasteiger partial charge in [-0.25, -0.2) is 4.39 Å². The van der Waals surface area contributed by atoms with Gasteiger partial charge >= 0.3 is 6.18 Å². The second-order valence-corrected chi connectivity index (χ2v) is 5.26. The molecule has 0 spiro atoms. The molecule has 23 heavy (non-hydrogen) atoms. The fourth-order valence-corrected chi connectivity index (χ4v) is 2.13. The van der Waals surface area contributed by atoms with Crippen LogP contribution in [0.15, 0.2) is 42.5 Å². The van der Waals surface area contributed by atoms with Crippen molar-refractivity contribution in [3.63, 3.8) is 0 Å². The summed E-state index contributed by atoms with van der Waals surface area (Å²) in [6, 6.07) is 10.7. The smallest absolute Gasteiger partial charge is 0.422 e. The molecule has 7 heteroatoms. The van der Waals surface area contributed by atoms with Crippen LogP contribution in [0.25, 0.3) is 0 Å². The average molecular weight is 348 g/mol. The van der Waals surface area contributed by atoms with E-state index in [0.29, 0.717) is 17.1 Å². The van der Waals surface area contributed by atoms with Crippen LogP contribution in [-0.2, 0) is 13.1 Å². The fraction of sp³-hybridized carbons (Fsp3) is 0.250. The predicted octanol–water partition coefficient (Wildman–Crippen LogP) is 4.71. The Morgan fingerprint density at radius 1 is 1.00 bits per heavy atom. The zero-order chi connectivity index (χ0) is 16.9. The molecule has 0 aliphatic carbocycles. The minimum absolute atomic E-state index is 0.142. The lowest BCUT2D eigenvalue weighted by atomic mass is 10.2. The predicted molar refractivity (Wildman–Crippen MR) is 79.9 cm³/mol. The van der Waals surface area contributed by atoms with Crippen molar-refractivity contribution < 1.29 is 22.3 Å². The number of nitrogens with one attached hydrogen (secondary N) is 1. The quantitative estimate of drug-likeness (QED) is 0.764. The number of hydrogen-bond acceptors (Lipinski definition) is 2. The van der Waals surface area contributed by atoms with Crippen molar-refractivity contribution in [2.24, 2.45) is 0 Å². The van der Waals surface area contributed by atoms with E-state index in [1.165, 1.54) is 24.3 Å². The zero-order valence-electron chi connectivity index (χ0n) is 12.0. The molecule has 0 aliphatic rings. The van der Waals surface area contributed by atoms with Crippen molar-refractivity contribution in [2.45, 2.75) is 19.3 Å². The van der Waals surface area contributed by atoms with E-state index in [2.05, 4.69) is 10.1 Å². The Morgan fingerprint density at radius 2 is 1.70 bits per heavy atom. The molecule has 0 aromatic heterocycles. The van der Waals surface area contributed by atoms with Gasteiger partial charge in [-0.2, -0.15) is 13.2 Å². The summed E-state index contributed by atoms with van der Waals surface area (Å²) in [4.78, 5) is 0. The summed E-state index contributed by atoms with van der Waals surface area (Å²) in [7, 11) is 0. The molecule has 2 aromatic carbocycles. The number of rotatable bonds is 6. The van der Waals surface area contributed by atoms with E-state index in [1.54, 1.807) is 18.2 Å². The lowest BCUT2D eigenvalue weighted by Crippen LogP contribution is -2.19. The first kappa shape index (κ1) is 17.6. The van der Waals surface area contributed by atoms with E-state index in [1.807, 2.05) is 0 Å². The van der Waals surface area contributed by atoms with Crippen LogP contribution in [-0.4, -0.2) is 12.8 Å². The van der Waals surface area contributed by atoms with Crippen LogP contribution >= 0.6 is 11.6 Å². The van der Waals surface area contributed by atoms with E-state index in [0.717, 1.165) is 5.56 Å². The van der Waals surface area contributed by atoms with Crippen LogP contribution in [0.2, 0.25) is 5.02 Å². The van der Waals surface area contributed by atoms with Crippen LogP contribution in [0.1, 0.15) is 11.1 Å². The summed E-state index contributed by atoms with van der Waals surface area (Å²) < 4.78 is 54.3. The minimum Gasteiger partial charge on any atom is -0.484 e. The third kappa shape index (κ3) is 5.73. The van der Waals surface area contributed by atoms with Crippen LogP contribution in [0.4, 0.5) is 17.6 Å². The highest BCUT2D eigenvalue weighted by Gasteiger charge is 2.28. The Kier molecular flexibility index (Phi) is 5.85. The Labute approximate surface area is 136 Å². The Hall–Kier alpha value is -1.79. The monoisotopic (exact) mass is 347 g/mol. The van der Waals surface area contributed by atoms with Crippen molar-refractivity contribution in [3.8, 4) is 5.75 Å². The second kappa shape index (κ2) is 7.66.